The van der Waals surface area contributed by atoms with Crippen LogP contribution in [-0.2, 0) is 0 Å². The van der Waals surface area contributed by atoms with Crippen molar-refractivity contribution < 1.29 is 8.91 Å². The second-order valence-corrected chi connectivity index (χ2v) is 5.58. The zero-order valence-electron chi connectivity index (χ0n) is 12.9. The van der Waals surface area contributed by atoms with Crippen LogP contribution >= 0.6 is 0 Å². The lowest BCUT2D eigenvalue weighted by atomic mass is 9.89. The molecule has 1 heterocycles. The Morgan fingerprint density at radius 2 is 2.05 bits per heavy atom. The van der Waals surface area contributed by atoms with Gasteiger partial charge in [-0.25, -0.2) is 4.39 Å². The fraction of sp³-hybridized carbons (Fsp3) is 0.500. The fourth-order valence-corrected chi connectivity index (χ4v) is 2.64. The van der Waals surface area contributed by atoms with E-state index in [1.165, 1.54) is 12.1 Å². The van der Waals surface area contributed by atoms with Crippen LogP contribution in [0.1, 0.15) is 39.5 Å². The third-order valence-corrected chi connectivity index (χ3v) is 3.59. The number of rotatable bonds is 6. The van der Waals surface area contributed by atoms with E-state index < -0.39 is 0 Å². The molecule has 0 aliphatic carbocycles. The van der Waals surface area contributed by atoms with Crippen molar-refractivity contribution >= 4 is 0 Å². The maximum Gasteiger partial charge on any atom is 0.231 e. The molecular weight excluding hydrogens is 269 g/mol. The van der Waals surface area contributed by atoms with Gasteiger partial charge in [-0.15, -0.1) is 0 Å². The van der Waals surface area contributed by atoms with Gasteiger partial charge < -0.3 is 9.84 Å². The van der Waals surface area contributed by atoms with E-state index in [4.69, 9.17) is 4.52 Å². The van der Waals surface area contributed by atoms with Gasteiger partial charge in [0.1, 0.15) is 5.82 Å². The van der Waals surface area contributed by atoms with Gasteiger partial charge in [0.25, 0.3) is 0 Å². The smallest absolute Gasteiger partial charge is 0.231 e. The Bertz CT molecular complexity index is 582. The average Bonchev–Trinajstić information content (AvgIpc) is 2.88. The molecule has 0 bridgehead atoms. The summed E-state index contributed by atoms with van der Waals surface area (Å²) in [5, 5.41) is 7.39. The first-order valence-electron chi connectivity index (χ1n) is 7.35. The predicted octanol–water partition coefficient (Wildman–Crippen LogP) is 3.61. The molecule has 1 N–H and O–H groups in total. The van der Waals surface area contributed by atoms with E-state index >= 15 is 0 Å². The molecule has 1 aromatic heterocycles. The predicted molar refractivity (Wildman–Crippen MR) is 80.4 cm³/mol. The van der Waals surface area contributed by atoms with E-state index in [1.807, 2.05) is 0 Å². The Labute approximate surface area is 124 Å². The highest BCUT2D eigenvalue weighted by Crippen LogP contribution is 2.28. The van der Waals surface area contributed by atoms with Crippen LogP contribution in [0.5, 0.6) is 0 Å². The molecular formula is C16H22FN3O. The first kappa shape index (κ1) is 15.6. The van der Waals surface area contributed by atoms with Gasteiger partial charge in [-0.05, 0) is 31.5 Å². The van der Waals surface area contributed by atoms with Gasteiger partial charge in [0, 0.05) is 11.6 Å². The molecule has 0 amide bonds. The Hall–Kier alpha value is -1.75. The molecule has 2 unspecified atom stereocenters. The highest BCUT2D eigenvalue weighted by Gasteiger charge is 2.28. The van der Waals surface area contributed by atoms with Crippen LogP contribution < -0.4 is 5.32 Å². The summed E-state index contributed by atoms with van der Waals surface area (Å²) in [6.07, 6.45) is 0. The fourth-order valence-electron chi connectivity index (χ4n) is 2.64. The van der Waals surface area contributed by atoms with Crippen LogP contribution in [0.25, 0.3) is 11.4 Å². The highest BCUT2D eigenvalue weighted by atomic mass is 19.1. The zero-order valence-corrected chi connectivity index (χ0v) is 12.9. The Kier molecular flexibility index (Phi) is 5.07. The van der Waals surface area contributed by atoms with Gasteiger partial charge in [0.05, 0.1) is 5.92 Å². The number of aromatic nitrogens is 2. The van der Waals surface area contributed by atoms with Crippen molar-refractivity contribution in [3.63, 3.8) is 0 Å². The van der Waals surface area contributed by atoms with E-state index in [-0.39, 0.29) is 17.8 Å². The van der Waals surface area contributed by atoms with Crippen molar-refractivity contribution in [2.24, 2.45) is 5.92 Å². The lowest BCUT2D eigenvalue weighted by molar-refractivity contribution is 0.281. The molecule has 0 saturated heterocycles. The van der Waals surface area contributed by atoms with Crippen molar-refractivity contribution in [1.29, 1.82) is 0 Å². The molecule has 0 spiro atoms. The lowest BCUT2D eigenvalue weighted by Crippen LogP contribution is -2.34. The largest absolute Gasteiger partial charge is 0.339 e. The number of halogens is 1. The monoisotopic (exact) mass is 291 g/mol. The SMILES string of the molecule is CCNC(C)C(c1nc(-c2cccc(F)c2)no1)C(C)C. The van der Waals surface area contributed by atoms with Crippen molar-refractivity contribution in [1.82, 2.24) is 15.5 Å². The molecule has 0 radical (unpaired) electrons. The lowest BCUT2D eigenvalue weighted by Gasteiger charge is -2.24. The summed E-state index contributed by atoms with van der Waals surface area (Å²) in [7, 11) is 0. The third kappa shape index (κ3) is 3.67. The molecule has 2 aromatic rings. The van der Waals surface area contributed by atoms with E-state index in [9.17, 15) is 4.39 Å². The van der Waals surface area contributed by atoms with Gasteiger partial charge in [-0.3, -0.25) is 0 Å². The molecule has 114 valence electrons. The van der Waals surface area contributed by atoms with Gasteiger partial charge in [0.15, 0.2) is 0 Å². The molecule has 1 aromatic carbocycles. The summed E-state index contributed by atoms with van der Waals surface area (Å²) < 4.78 is 18.7. The van der Waals surface area contributed by atoms with Crippen molar-refractivity contribution in [3.05, 3.63) is 36.0 Å². The van der Waals surface area contributed by atoms with E-state index in [0.717, 1.165) is 6.54 Å². The second kappa shape index (κ2) is 6.80. The molecule has 0 fully saturated rings. The normalized spacial score (nSPS) is 14.4. The number of hydrogen-bond donors (Lipinski definition) is 1. The zero-order chi connectivity index (χ0) is 15.4. The standard InChI is InChI=1S/C16H22FN3O/c1-5-18-11(4)14(10(2)3)16-19-15(20-21-16)12-7-6-8-13(17)9-12/h6-11,14,18H,5H2,1-4H3. The molecule has 0 aliphatic heterocycles. The quantitative estimate of drug-likeness (QED) is 0.883. The van der Waals surface area contributed by atoms with Crippen LogP contribution in [0.15, 0.2) is 28.8 Å². The average molecular weight is 291 g/mol. The van der Waals surface area contributed by atoms with Crippen LogP contribution in [0.4, 0.5) is 4.39 Å². The topological polar surface area (TPSA) is 51.0 Å². The summed E-state index contributed by atoms with van der Waals surface area (Å²) in [4.78, 5) is 4.46. The molecule has 2 rings (SSSR count). The number of benzene rings is 1. The summed E-state index contributed by atoms with van der Waals surface area (Å²) >= 11 is 0. The van der Waals surface area contributed by atoms with Crippen molar-refractivity contribution in [2.45, 2.75) is 39.7 Å². The first-order valence-corrected chi connectivity index (χ1v) is 7.35. The minimum absolute atomic E-state index is 0.125. The Morgan fingerprint density at radius 1 is 1.29 bits per heavy atom. The number of nitrogens with zero attached hydrogens (tertiary/aromatic N) is 2. The maximum absolute atomic E-state index is 13.3. The van der Waals surface area contributed by atoms with Crippen LogP contribution in [0, 0.1) is 11.7 Å². The summed E-state index contributed by atoms with van der Waals surface area (Å²) in [5.41, 5.74) is 0.628. The van der Waals surface area contributed by atoms with Crippen LogP contribution in [0.2, 0.25) is 0 Å². The molecule has 21 heavy (non-hydrogen) atoms. The molecule has 2 atom stereocenters. The highest BCUT2D eigenvalue weighted by molar-refractivity contribution is 5.53. The Morgan fingerprint density at radius 3 is 2.67 bits per heavy atom. The number of likely N-dealkylation sites (N-methyl/N-ethyl adjacent to an activating group) is 1. The second-order valence-electron chi connectivity index (χ2n) is 5.58. The number of nitrogens with one attached hydrogen (secondary N) is 1. The first-order chi connectivity index (χ1) is 10.0. The van der Waals surface area contributed by atoms with E-state index in [1.54, 1.807) is 12.1 Å². The molecule has 0 aliphatic rings. The van der Waals surface area contributed by atoms with Crippen LogP contribution in [-0.4, -0.2) is 22.7 Å². The minimum Gasteiger partial charge on any atom is -0.339 e. The molecule has 4 nitrogen and oxygen atoms in total. The van der Waals surface area contributed by atoms with Crippen molar-refractivity contribution in [3.8, 4) is 11.4 Å². The van der Waals surface area contributed by atoms with Gasteiger partial charge in [-0.1, -0.05) is 38.1 Å². The van der Waals surface area contributed by atoms with Gasteiger partial charge >= 0.3 is 0 Å². The summed E-state index contributed by atoms with van der Waals surface area (Å²) in [6, 6.07) is 6.45. The van der Waals surface area contributed by atoms with Crippen molar-refractivity contribution in [2.75, 3.05) is 6.54 Å². The Balaban J connectivity index is 2.28. The van der Waals surface area contributed by atoms with Gasteiger partial charge in [-0.2, -0.15) is 4.98 Å². The van der Waals surface area contributed by atoms with E-state index in [0.29, 0.717) is 23.2 Å². The maximum atomic E-state index is 13.3. The molecule has 0 saturated carbocycles. The minimum atomic E-state index is -0.305. The van der Waals surface area contributed by atoms with E-state index in [2.05, 4.69) is 43.2 Å². The van der Waals surface area contributed by atoms with Gasteiger partial charge in [0.2, 0.25) is 11.7 Å². The summed E-state index contributed by atoms with van der Waals surface area (Å²) in [6.45, 7) is 9.32. The van der Waals surface area contributed by atoms with Crippen LogP contribution in [0.3, 0.4) is 0 Å². The summed E-state index contributed by atoms with van der Waals surface area (Å²) in [5.74, 6) is 1.21. The molecule has 5 heteroatoms. The third-order valence-electron chi connectivity index (χ3n) is 3.59. The number of hydrogen-bond acceptors (Lipinski definition) is 4.